The van der Waals surface area contributed by atoms with E-state index in [1.807, 2.05) is 38.1 Å². The van der Waals surface area contributed by atoms with E-state index in [-0.39, 0.29) is 5.56 Å². The molecule has 142 valence electrons. The second-order valence-electron chi connectivity index (χ2n) is 6.71. The highest BCUT2D eigenvalue weighted by Crippen LogP contribution is 2.22. The molecule has 0 aliphatic carbocycles. The fraction of sp³-hybridized carbons (Fsp3) is 0.263. The van der Waals surface area contributed by atoms with Crippen LogP contribution in [0.3, 0.4) is 0 Å². The van der Waals surface area contributed by atoms with Crippen LogP contribution in [0.5, 0.6) is 0 Å². The third kappa shape index (κ3) is 3.72. The Labute approximate surface area is 158 Å². The summed E-state index contributed by atoms with van der Waals surface area (Å²) >= 11 is 0. The summed E-state index contributed by atoms with van der Waals surface area (Å²) in [6, 6.07) is 11.0. The van der Waals surface area contributed by atoms with Gasteiger partial charge in [-0.3, -0.25) is 9.10 Å². The first-order valence-electron chi connectivity index (χ1n) is 8.40. The number of aromatic nitrogens is 2. The third-order valence-corrected chi connectivity index (χ3v) is 5.77. The molecule has 27 heavy (non-hydrogen) atoms. The molecule has 3 aromatic rings. The molecule has 0 saturated carbocycles. The van der Waals surface area contributed by atoms with Crippen LogP contribution in [0.4, 0.5) is 5.69 Å². The predicted octanol–water partition coefficient (Wildman–Crippen LogP) is 1.78. The minimum atomic E-state index is -3.79. The Morgan fingerprint density at radius 1 is 1.07 bits per heavy atom. The Hall–Kier alpha value is -2.71. The van der Waals surface area contributed by atoms with Gasteiger partial charge in [0.25, 0.3) is 15.8 Å². The van der Waals surface area contributed by atoms with Gasteiger partial charge < -0.3 is 0 Å². The maximum absolute atomic E-state index is 12.4. The Morgan fingerprint density at radius 3 is 2.19 bits per heavy atom. The smallest absolute Gasteiger partial charge is 0.267 e. The first-order chi connectivity index (χ1) is 12.6. The first-order valence-corrected chi connectivity index (χ1v) is 9.91. The van der Waals surface area contributed by atoms with E-state index in [1.165, 1.54) is 11.7 Å². The fourth-order valence-electron chi connectivity index (χ4n) is 2.98. The van der Waals surface area contributed by atoms with Gasteiger partial charge in [0.15, 0.2) is 0 Å². The van der Waals surface area contributed by atoms with E-state index in [0.29, 0.717) is 17.5 Å². The molecule has 1 aromatic heterocycles. The summed E-state index contributed by atoms with van der Waals surface area (Å²) in [5, 5.41) is 11.1. The molecule has 0 amide bonds. The average Bonchev–Trinajstić information content (AvgIpc) is 2.60. The van der Waals surface area contributed by atoms with Gasteiger partial charge in [-0.25, -0.2) is 9.82 Å². The molecule has 0 atom stereocenters. The molecule has 0 aliphatic heterocycles. The Kier molecular flexibility index (Phi) is 4.79. The van der Waals surface area contributed by atoms with E-state index < -0.39 is 10.2 Å². The van der Waals surface area contributed by atoms with Crippen molar-refractivity contribution in [2.45, 2.75) is 20.3 Å². The molecule has 2 N–H and O–H groups in total. The van der Waals surface area contributed by atoms with Crippen LogP contribution in [0.15, 0.2) is 41.2 Å². The highest BCUT2D eigenvalue weighted by molar-refractivity contribution is 7.90. The zero-order valence-corrected chi connectivity index (χ0v) is 16.5. The van der Waals surface area contributed by atoms with Gasteiger partial charge in [-0.1, -0.05) is 12.1 Å². The minimum Gasteiger partial charge on any atom is -0.267 e. The van der Waals surface area contributed by atoms with E-state index in [4.69, 9.17) is 5.14 Å². The van der Waals surface area contributed by atoms with Crippen molar-refractivity contribution in [1.82, 2.24) is 9.78 Å². The Morgan fingerprint density at radius 2 is 1.63 bits per heavy atom. The van der Waals surface area contributed by atoms with Crippen LogP contribution in [-0.4, -0.2) is 25.2 Å². The normalized spacial score (nSPS) is 11.7. The van der Waals surface area contributed by atoms with Crippen LogP contribution in [-0.2, 0) is 23.7 Å². The molecule has 0 spiro atoms. The number of benzene rings is 2. The lowest BCUT2D eigenvalue weighted by Gasteiger charge is -2.16. The Balaban J connectivity index is 2.03. The molecular formula is C19H22N4O3S. The molecule has 0 saturated heterocycles. The van der Waals surface area contributed by atoms with E-state index in [9.17, 15) is 13.2 Å². The summed E-state index contributed by atoms with van der Waals surface area (Å²) in [4.78, 5) is 12.4. The van der Waals surface area contributed by atoms with Crippen LogP contribution in [0.2, 0.25) is 0 Å². The average molecular weight is 386 g/mol. The maximum Gasteiger partial charge on any atom is 0.298 e. The molecular weight excluding hydrogens is 364 g/mol. The molecule has 0 unspecified atom stereocenters. The lowest BCUT2D eigenvalue weighted by molar-refractivity contribution is 0.596. The number of fused-ring (bicyclic) bond motifs is 1. The maximum atomic E-state index is 12.4. The number of hydrogen-bond acceptors (Lipinski definition) is 4. The van der Waals surface area contributed by atoms with Gasteiger partial charge in [-0.05, 0) is 54.8 Å². The number of nitrogens with zero attached hydrogens (tertiary/aromatic N) is 3. The van der Waals surface area contributed by atoms with Crippen molar-refractivity contribution in [2.75, 3.05) is 11.4 Å². The van der Waals surface area contributed by atoms with Crippen LogP contribution in [0, 0.1) is 13.8 Å². The number of nitrogens with two attached hydrogens (primary N) is 1. The third-order valence-electron chi connectivity index (χ3n) is 4.79. The topological polar surface area (TPSA) is 98.3 Å². The highest BCUT2D eigenvalue weighted by Gasteiger charge is 2.14. The van der Waals surface area contributed by atoms with Crippen molar-refractivity contribution in [3.05, 3.63) is 69.1 Å². The van der Waals surface area contributed by atoms with Crippen molar-refractivity contribution >= 4 is 26.7 Å². The van der Waals surface area contributed by atoms with Crippen LogP contribution in [0.1, 0.15) is 22.4 Å². The summed E-state index contributed by atoms with van der Waals surface area (Å²) in [6.07, 6.45) is 0.520. The number of rotatable bonds is 4. The van der Waals surface area contributed by atoms with E-state index in [0.717, 1.165) is 32.1 Å². The minimum absolute atomic E-state index is 0.123. The van der Waals surface area contributed by atoms with Gasteiger partial charge in [0.2, 0.25) is 0 Å². The van der Waals surface area contributed by atoms with Gasteiger partial charge in [-0.15, -0.1) is 0 Å². The molecule has 0 aliphatic rings. The van der Waals surface area contributed by atoms with Gasteiger partial charge >= 0.3 is 0 Å². The summed E-state index contributed by atoms with van der Waals surface area (Å²) in [5.41, 5.74) is 4.26. The van der Waals surface area contributed by atoms with Crippen LogP contribution < -0.4 is 15.0 Å². The molecule has 0 bridgehead atoms. The van der Waals surface area contributed by atoms with Gasteiger partial charge in [0.05, 0.1) is 16.8 Å². The van der Waals surface area contributed by atoms with E-state index in [1.54, 1.807) is 19.2 Å². The van der Waals surface area contributed by atoms with Crippen molar-refractivity contribution in [1.29, 1.82) is 0 Å². The standard InChI is InChI=1S/C19H22N4O3S/c1-12-9-16-17(10-13(12)2)19(24)22(3)21-18(16)11-14-5-7-15(8-6-14)23(4)27(20,25)26/h5-10H,11H2,1-4H3,(H2,20,25,26). The van der Waals surface area contributed by atoms with Crippen molar-refractivity contribution in [3.63, 3.8) is 0 Å². The number of aryl methyl sites for hydroxylation is 3. The zero-order valence-electron chi connectivity index (χ0n) is 15.7. The second-order valence-corrected chi connectivity index (χ2v) is 8.29. The lowest BCUT2D eigenvalue weighted by atomic mass is 10.00. The molecule has 2 aromatic carbocycles. The summed E-state index contributed by atoms with van der Waals surface area (Å²) in [6.45, 7) is 3.99. The largest absolute Gasteiger partial charge is 0.298 e. The fourth-order valence-corrected chi connectivity index (χ4v) is 3.40. The quantitative estimate of drug-likeness (QED) is 0.739. The number of hydrogen-bond donors (Lipinski definition) is 1. The van der Waals surface area contributed by atoms with Gasteiger partial charge in [0.1, 0.15) is 0 Å². The second kappa shape index (κ2) is 6.79. The van der Waals surface area contributed by atoms with E-state index in [2.05, 4.69) is 5.10 Å². The highest BCUT2D eigenvalue weighted by atomic mass is 32.2. The predicted molar refractivity (Wildman–Crippen MR) is 107 cm³/mol. The zero-order chi connectivity index (χ0) is 19.9. The summed E-state index contributed by atoms with van der Waals surface area (Å²) in [7, 11) is -0.749. The lowest BCUT2D eigenvalue weighted by Crippen LogP contribution is -2.33. The molecule has 0 fully saturated rings. The van der Waals surface area contributed by atoms with Crippen molar-refractivity contribution in [2.24, 2.45) is 12.2 Å². The summed E-state index contributed by atoms with van der Waals surface area (Å²) < 4.78 is 25.3. The summed E-state index contributed by atoms with van der Waals surface area (Å²) in [5.74, 6) is 0. The van der Waals surface area contributed by atoms with Gasteiger partial charge in [0, 0.05) is 25.9 Å². The van der Waals surface area contributed by atoms with Gasteiger partial charge in [-0.2, -0.15) is 13.5 Å². The molecule has 0 radical (unpaired) electrons. The monoisotopic (exact) mass is 386 g/mol. The Bertz CT molecular complexity index is 1180. The first kappa shape index (κ1) is 19.1. The van der Waals surface area contributed by atoms with E-state index >= 15 is 0 Å². The van der Waals surface area contributed by atoms with Crippen molar-refractivity contribution < 1.29 is 8.42 Å². The SMILES string of the molecule is Cc1cc2c(Cc3ccc(N(C)S(N)(=O)=O)cc3)nn(C)c(=O)c2cc1C. The molecule has 7 nitrogen and oxygen atoms in total. The molecule has 1 heterocycles. The molecule has 8 heteroatoms. The van der Waals surface area contributed by atoms with Crippen LogP contribution in [0.25, 0.3) is 10.8 Å². The van der Waals surface area contributed by atoms with Crippen LogP contribution >= 0.6 is 0 Å². The van der Waals surface area contributed by atoms with Crippen molar-refractivity contribution in [3.8, 4) is 0 Å². The molecule has 3 rings (SSSR count). The number of anilines is 1.